The molecule has 6 nitrogen and oxygen atoms in total. The minimum Gasteiger partial charge on any atom is -0.345 e. The van der Waals surface area contributed by atoms with E-state index in [0.29, 0.717) is 18.7 Å². The van der Waals surface area contributed by atoms with Crippen molar-refractivity contribution in [2.75, 3.05) is 15.7 Å². The van der Waals surface area contributed by atoms with Crippen LogP contribution in [0.3, 0.4) is 0 Å². The zero-order valence-electron chi connectivity index (χ0n) is 16.9. The maximum atomic E-state index is 13.4. The molecule has 7 heteroatoms. The van der Waals surface area contributed by atoms with Gasteiger partial charge in [0.2, 0.25) is 0 Å². The highest BCUT2D eigenvalue weighted by Crippen LogP contribution is 2.35. The third-order valence-electron chi connectivity index (χ3n) is 6.06. The first kappa shape index (κ1) is 18.9. The summed E-state index contributed by atoms with van der Waals surface area (Å²) in [6, 6.07) is 16.9. The Kier molecular flexibility index (Phi) is 4.25. The zero-order valence-corrected chi connectivity index (χ0v) is 17.8. The predicted octanol–water partition coefficient (Wildman–Crippen LogP) is 3.37. The van der Waals surface area contributed by atoms with Crippen LogP contribution in [-0.4, -0.2) is 31.5 Å². The molecule has 0 spiro atoms. The number of carbonyl (C=O) groups excluding carboxylic acids is 1. The molecule has 5 rings (SSSR count). The van der Waals surface area contributed by atoms with Gasteiger partial charge in [-0.05, 0) is 49.1 Å². The lowest BCUT2D eigenvalue weighted by atomic mass is 10.1. The third-order valence-corrected chi connectivity index (χ3v) is 7.84. The first-order chi connectivity index (χ1) is 14.4. The topological polar surface area (TPSA) is 62.6 Å². The largest absolute Gasteiger partial charge is 0.345 e. The lowest BCUT2D eigenvalue weighted by molar-refractivity contribution is 0.0973. The summed E-state index contributed by atoms with van der Waals surface area (Å²) in [7, 11) is -2.02. The quantitative estimate of drug-likeness (QED) is 0.651. The number of anilines is 2. The number of aryl methyl sites for hydroxylation is 1. The number of nitrogens with zero attached hydrogens (tertiary/aromatic N) is 3. The van der Waals surface area contributed by atoms with Crippen molar-refractivity contribution in [3.05, 3.63) is 77.6 Å². The number of para-hydroxylation sites is 2. The molecular weight excluding hydrogens is 398 g/mol. The molecule has 0 fully saturated rings. The normalized spacial score (nSPS) is 17.9. The number of benzene rings is 2. The van der Waals surface area contributed by atoms with E-state index in [4.69, 9.17) is 0 Å². The first-order valence-electron chi connectivity index (χ1n) is 10.1. The minimum absolute atomic E-state index is 0.0234. The highest BCUT2D eigenvalue weighted by atomic mass is 32.2. The van der Waals surface area contributed by atoms with E-state index in [9.17, 15) is 13.2 Å². The molecule has 0 radical (unpaired) electrons. The van der Waals surface area contributed by atoms with Gasteiger partial charge in [0.15, 0.2) is 0 Å². The van der Waals surface area contributed by atoms with E-state index in [2.05, 4.69) is 0 Å². The number of fused-ring (bicyclic) bond motifs is 2. The zero-order chi connectivity index (χ0) is 21.0. The Morgan fingerprint density at radius 2 is 1.67 bits per heavy atom. The second kappa shape index (κ2) is 6.74. The van der Waals surface area contributed by atoms with Crippen LogP contribution >= 0.6 is 0 Å². The van der Waals surface area contributed by atoms with Gasteiger partial charge in [-0.2, -0.15) is 0 Å². The van der Waals surface area contributed by atoms with Crippen molar-refractivity contribution in [2.24, 2.45) is 7.05 Å². The predicted molar refractivity (Wildman–Crippen MR) is 117 cm³/mol. The average molecular weight is 422 g/mol. The second-order valence-electron chi connectivity index (χ2n) is 7.98. The summed E-state index contributed by atoms with van der Waals surface area (Å²) in [5.74, 6) is -0.182. The number of amides is 1. The summed E-state index contributed by atoms with van der Waals surface area (Å²) in [5, 5.41) is 0. The van der Waals surface area contributed by atoms with Gasteiger partial charge in [-0.3, -0.25) is 9.10 Å². The number of hydrogen-bond donors (Lipinski definition) is 0. The van der Waals surface area contributed by atoms with Crippen molar-refractivity contribution in [2.45, 2.75) is 30.7 Å². The van der Waals surface area contributed by atoms with Crippen LogP contribution in [0, 0.1) is 0 Å². The van der Waals surface area contributed by atoms with Gasteiger partial charge in [0.05, 0.1) is 5.69 Å². The van der Waals surface area contributed by atoms with Crippen LogP contribution in [-0.2, 0) is 29.9 Å². The van der Waals surface area contributed by atoms with Crippen molar-refractivity contribution in [1.29, 1.82) is 0 Å². The van der Waals surface area contributed by atoms with Crippen LogP contribution in [0.2, 0.25) is 0 Å². The summed E-state index contributed by atoms with van der Waals surface area (Å²) >= 11 is 0. The van der Waals surface area contributed by atoms with Gasteiger partial charge >= 0.3 is 0 Å². The number of rotatable bonds is 3. The molecule has 0 N–H and O–H groups in total. The van der Waals surface area contributed by atoms with Gasteiger partial charge in [-0.15, -0.1) is 0 Å². The first-order valence-corrected chi connectivity index (χ1v) is 11.5. The molecule has 2 aliphatic heterocycles. The van der Waals surface area contributed by atoms with E-state index in [-0.39, 0.29) is 16.8 Å². The summed E-state index contributed by atoms with van der Waals surface area (Å²) in [6.45, 7) is 2.43. The Labute approximate surface area is 176 Å². The van der Waals surface area contributed by atoms with E-state index >= 15 is 0 Å². The number of sulfonamides is 1. The Morgan fingerprint density at radius 1 is 1.00 bits per heavy atom. The lowest BCUT2D eigenvalue weighted by Gasteiger charge is -2.22. The Balaban J connectivity index is 1.51. The number of aromatic nitrogens is 1. The standard InChI is InChI=1S/C23H23N3O3S/c1-16-13-18-8-4-6-10-21(18)26(16)23(27)22-14-19(15-24(22)2)30(28,29)25-12-11-17-7-3-5-9-20(17)25/h3-10,14-16H,11-13H2,1-2H3/t16-/m1/s1. The molecule has 0 bridgehead atoms. The molecule has 1 amide bonds. The fourth-order valence-electron chi connectivity index (χ4n) is 4.57. The van der Waals surface area contributed by atoms with Crippen molar-refractivity contribution < 1.29 is 13.2 Å². The van der Waals surface area contributed by atoms with Crippen molar-refractivity contribution in [1.82, 2.24) is 4.57 Å². The molecule has 0 saturated carbocycles. The van der Waals surface area contributed by atoms with Crippen molar-refractivity contribution >= 4 is 27.3 Å². The van der Waals surface area contributed by atoms with Gasteiger partial charge in [0, 0.05) is 31.5 Å². The number of hydrogen-bond acceptors (Lipinski definition) is 3. The Bertz CT molecular complexity index is 1260. The summed E-state index contributed by atoms with van der Waals surface area (Å²) in [4.78, 5) is 15.3. The van der Waals surface area contributed by atoms with E-state index in [0.717, 1.165) is 28.9 Å². The van der Waals surface area contributed by atoms with Crippen LogP contribution in [0.4, 0.5) is 11.4 Å². The summed E-state index contributed by atoms with van der Waals surface area (Å²) in [6.07, 6.45) is 3.02. The Morgan fingerprint density at radius 3 is 2.43 bits per heavy atom. The van der Waals surface area contributed by atoms with Gasteiger partial charge in [-0.1, -0.05) is 36.4 Å². The highest BCUT2D eigenvalue weighted by molar-refractivity contribution is 7.92. The van der Waals surface area contributed by atoms with Gasteiger partial charge in [0.1, 0.15) is 10.6 Å². The van der Waals surface area contributed by atoms with Crippen LogP contribution in [0.15, 0.2) is 65.7 Å². The molecule has 1 aromatic heterocycles. The summed E-state index contributed by atoms with van der Waals surface area (Å²) in [5.41, 5.74) is 4.14. The molecule has 30 heavy (non-hydrogen) atoms. The molecular formula is C23H23N3O3S. The molecule has 0 saturated heterocycles. The highest BCUT2D eigenvalue weighted by Gasteiger charge is 2.35. The molecule has 0 unspecified atom stereocenters. The summed E-state index contributed by atoms with van der Waals surface area (Å²) < 4.78 is 29.8. The van der Waals surface area contributed by atoms with Gasteiger partial charge in [0.25, 0.3) is 15.9 Å². The smallest absolute Gasteiger partial charge is 0.275 e. The van der Waals surface area contributed by atoms with E-state index in [1.165, 1.54) is 16.6 Å². The van der Waals surface area contributed by atoms with E-state index in [1.807, 2.05) is 55.5 Å². The average Bonchev–Trinajstić information content (AvgIpc) is 3.41. The van der Waals surface area contributed by atoms with E-state index in [1.54, 1.807) is 16.5 Å². The number of carbonyl (C=O) groups is 1. The molecule has 2 aromatic carbocycles. The lowest BCUT2D eigenvalue weighted by Crippen LogP contribution is -2.36. The van der Waals surface area contributed by atoms with E-state index < -0.39 is 10.0 Å². The Hall–Kier alpha value is -3.06. The fraction of sp³-hybridized carbons (Fsp3) is 0.261. The molecule has 1 atom stereocenters. The monoisotopic (exact) mass is 421 g/mol. The molecule has 3 heterocycles. The minimum atomic E-state index is -3.74. The van der Waals surface area contributed by atoms with Crippen LogP contribution in [0.1, 0.15) is 28.5 Å². The van der Waals surface area contributed by atoms with Crippen LogP contribution < -0.4 is 9.21 Å². The third kappa shape index (κ3) is 2.76. The van der Waals surface area contributed by atoms with Gasteiger partial charge in [-0.25, -0.2) is 8.42 Å². The van der Waals surface area contributed by atoms with Crippen molar-refractivity contribution in [3.63, 3.8) is 0 Å². The molecule has 0 aliphatic carbocycles. The van der Waals surface area contributed by atoms with Gasteiger partial charge < -0.3 is 9.47 Å². The second-order valence-corrected chi connectivity index (χ2v) is 9.85. The van der Waals surface area contributed by atoms with Crippen molar-refractivity contribution in [3.8, 4) is 0 Å². The van der Waals surface area contributed by atoms with Crippen LogP contribution in [0.25, 0.3) is 0 Å². The fourth-order valence-corrected chi connectivity index (χ4v) is 6.15. The maximum absolute atomic E-state index is 13.4. The molecule has 154 valence electrons. The maximum Gasteiger partial charge on any atom is 0.275 e. The SMILES string of the molecule is C[C@@H]1Cc2ccccc2N1C(=O)c1cc(S(=O)(=O)N2CCc3ccccc32)cn1C. The molecule has 3 aromatic rings. The van der Waals surface area contributed by atoms with Crippen LogP contribution in [0.5, 0.6) is 0 Å². The molecule has 2 aliphatic rings.